The molecule has 0 radical (unpaired) electrons. The average molecular weight is 400 g/mol. The van der Waals surface area contributed by atoms with E-state index in [9.17, 15) is 9.18 Å². The van der Waals surface area contributed by atoms with Gasteiger partial charge in [0.1, 0.15) is 18.2 Å². The fraction of sp³-hybridized carbons (Fsp3) is 0.0500. The van der Waals surface area contributed by atoms with Gasteiger partial charge in [0.05, 0.1) is 0 Å². The van der Waals surface area contributed by atoms with Gasteiger partial charge in [-0.3, -0.25) is 4.79 Å². The number of hydrogen-bond donors (Lipinski definition) is 1. The van der Waals surface area contributed by atoms with Gasteiger partial charge in [-0.05, 0) is 60.2 Å². The molecule has 0 aliphatic rings. The molecule has 0 unspecified atom stereocenters. The summed E-state index contributed by atoms with van der Waals surface area (Å²) in [5.74, 6) is 0.149. The number of carbonyl (C=O) groups excluding carboxylic acids is 1. The van der Waals surface area contributed by atoms with Gasteiger partial charge < -0.3 is 10.1 Å². The van der Waals surface area contributed by atoms with Crippen LogP contribution in [-0.2, 0) is 6.61 Å². The van der Waals surface area contributed by atoms with Crippen LogP contribution in [0.15, 0.2) is 77.3 Å². The van der Waals surface area contributed by atoms with Crippen LogP contribution >= 0.6 is 15.9 Å². The van der Waals surface area contributed by atoms with Gasteiger partial charge in [0.15, 0.2) is 0 Å². The fourth-order valence-electron chi connectivity index (χ4n) is 2.26. The monoisotopic (exact) mass is 399 g/mol. The number of benzene rings is 3. The van der Waals surface area contributed by atoms with Crippen molar-refractivity contribution < 1.29 is 13.9 Å². The summed E-state index contributed by atoms with van der Waals surface area (Å²) >= 11 is 3.40. The molecule has 0 fully saturated rings. The van der Waals surface area contributed by atoms with E-state index in [-0.39, 0.29) is 11.7 Å². The molecule has 3 aromatic carbocycles. The molecule has 0 atom stereocenters. The van der Waals surface area contributed by atoms with Crippen LogP contribution < -0.4 is 10.1 Å². The molecular formula is C20H15BrFNO2. The number of hydrogen-bond acceptors (Lipinski definition) is 2. The Morgan fingerprint density at radius 3 is 2.52 bits per heavy atom. The lowest BCUT2D eigenvalue weighted by molar-refractivity contribution is 0.102. The van der Waals surface area contributed by atoms with E-state index in [0.29, 0.717) is 17.9 Å². The third-order valence-corrected chi connectivity index (χ3v) is 3.99. The van der Waals surface area contributed by atoms with Crippen molar-refractivity contribution in [3.05, 3.63) is 94.2 Å². The van der Waals surface area contributed by atoms with Crippen molar-refractivity contribution in [3.63, 3.8) is 0 Å². The molecule has 0 aliphatic heterocycles. The van der Waals surface area contributed by atoms with Crippen LogP contribution in [-0.4, -0.2) is 5.91 Å². The van der Waals surface area contributed by atoms with E-state index in [4.69, 9.17) is 4.74 Å². The van der Waals surface area contributed by atoms with E-state index in [0.717, 1.165) is 15.8 Å². The largest absolute Gasteiger partial charge is 0.489 e. The predicted octanol–water partition coefficient (Wildman–Crippen LogP) is 5.42. The fourth-order valence-corrected chi connectivity index (χ4v) is 2.64. The summed E-state index contributed by atoms with van der Waals surface area (Å²) in [7, 11) is 0. The molecule has 126 valence electrons. The minimum absolute atomic E-state index is 0.254. The Morgan fingerprint density at radius 1 is 1.00 bits per heavy atom. The second-order valence-corrected chi connectivity index (χ2v) is 6.32. The Morgan fingerprint density at radius 2 is 1.76 bits per heavy atom. The van der Waals surface area contributed by atoms with Crippen LogP contribution in [0, 0.1) is 5.82 Å². The summed E-state index contributed by atoms with van der Waals surface area (Å²) in [4.78, 5) is 12.3. The van der Waals surface area contributed by atoms with E-state index in [1.54, 1.807) is 18.2 Å². The summed E-state index contributed by atoms with van der Waals surface area (Å²) in [6, 6.07) is 20.4. The molecule has 0 saturated heterocycles. The van der Waals surface area contributed by atoms with Crippen molar-refractivity contribution in [2.24, 2.45) is 0 Å². The van der Waals surface area contributed by atoms with Crippen molar-refractivity contribution in [1.82, 2.24) is 0 Å². The summed E-state index contributed by atoms with van der Waals surface area (Å²) in [6.45, 7) is 0.355. The first kappa shape index (κ1) is 17.2. The topological polar surface area (TPSA) is 38.3 Å². The molecule has 0 saturated carbocycles. The van der Waals surface area contributed by atoms with Crippen LogP contribution in [0.2, 0.25) is 0 Å². The first-order valence-corrected chi connectivity index (χ1v) is 8.44. The van der Waals surface area contributed by atoms with Gasteiger partial charge >= 0.3 is 0 Å². The van der Waals surface area contributed by atoms with Crippen LogP contribution in [0.4, 0.5) is 10.1 Å². The summed E-state index contributed by atoms with van der Waals surface area (Å²) in [6.07, 6.45) is 0. The first-order valence-electron chi connectivity index (χ1n) is 7.64. The third-order valence-electron chi connectivity index (χ3n) is 3.49. The van der Waals surface area contributed by atoms with Gasteiger partial charge in [-0.25, -0.2) is 4.39 Å². The highest BCUT2D eigenvalue weighted by atomic mass is 79.9. The second kappa shape index (κ2) is 7.94. The van der Waals surface area contributed by atoms with E-state index in [2.05, 4.69) is 21.2 Å². The third kappa shape index (κ3) is 4.90. The molecule has 0 aromatic heterocycles. The van der Waals surface area contributed by atoms with Gasteiger partial charge in [-0.2, -0.15) is 0 Å². The maximum absolute atomic E-state index is 12.9. The lowest BCUT2D eigenvalue weighted by Crippen LogP contribution is -2.12. The Balaban J connectivity index is 1.66. The maximum Gasteiger partial charge on any atom is 0.255 e. The minimum Gasteiger partial charge on any atom is -0.489 e. The van der Waals surface area contributed by atoms with Crippen LogP contribution in [0.5, 0.6) is 5.75 Å². The van der Waals surface area contributed by atoms with Gasteiger partial charge in [0.2, 0.25) is 0 Å². The number of nitrogens with one attached hydrogen (secondary N) is 1. The maximum atomic E-state index is 12.9. The zero-order chi connectivity index (χ0) is 17.6. The van der Waals surface area contributed by atoms with Crippen molar-refractivity contribution in [3.8, 4) is 5.75 Å². The van der Waals surface area contributed by atoms with Gasteiger partial charge in [-0.15, -0.1) is 0 Å². The molecule has 3 nitrogen and oxygen atoms in total. The lowest BCUT2D eigenvalue weighted by Gasteiger charge is -2.09. The quantitative estimate of drug-likeness (QED) is 0.621. The van der Waals surface area contributed by atoms with E-state index in [1.165, 1.54) is 24.3 Å². The molecule has 3 rings (SSSR count). The lowest BCUT2D eigenvalue weighted by atomic mass is 10.1. The van der Waals surface area contributed by atoms with Gasteiger partial charge in [-0.1, -0.05) is 34.1 Å². The Labute approximate surface area is 153 Å². The molecular weight excluding hydrogens is 385 g/mol. The second-order valence-electron chi connectivity index (χ2n) is 5.41. The molecule has 0 spiro atoms. The standard InChI is InChI=1S/C20H15BrFNO2/c21-16-5-2-6-19(12-16)25-13-14-3-1-4-15(11-14)20(24)23-18-9-7-17(22)8-10-18/h1-12H,13H2,(H,23,24). The Kier molecular flexibility index (Phi) is 5.46. The number of rotatable bonds is 5. The molecule has 1 amide bonds. The minimum atomic E-state index is -0.343. The summed E-state index contributed by atoms with van der Waals surface area (Å²) in [5.41, 5.74) is 1.94. The molecule has 0 aliphatic carbocycles. The first-order chi connectivity index (χ1) is 12.1. The van der Waals surface area contributed by atoms with E-state index < -0.39 is 0 Å². The highest BCUT2D eigenvalue weighted by Crippen LogP contribution is 2.19. The number of anilines is 1. The van der Waals surface area contributed by atoms with Crippen molar-refractivity contribution >= 4 is 27.5 Å². The van der Waals surface area contributed by atoms with Crippen molar-refractivity contribution in [2.45, 2.75) is 6.61 Å². The zero-order valence-corrected chi connectivity index (χ0v) is 14.8. The molecule has 5 heteroatoms. The van der Waals surface area contributed by atoms with Gasteiger partial charge in [0, 0.05) is 15.7 Å². The highest BCUT2D eigenvalue weighted by molar-refractivity contribution is 9.10. The zero-order valence-electron chi connectivity index (χ0n) is 13.2. The molecule has 3 aromatic rings. The molecule has 1 N–H and O–H groups in total. The average Bonchev–Trinajstić information content (AvgIpc) is 2.62. The summed E-state index contributed by atoms with van der Waals surface area (Å²) in [5, 5.41) is 2.74. The van der Waals surface area contributed by atoms with E-state index >= 15 is 0 Å². The van der Waals surface area contributed by atoms with E-state index in [1.807, 2.05) is 30.3 Å². The molecule has 0 bridgehead atoms. The number of halogens is 2. The number of carbonyl (C=O) groups is 1. The molecule has 0 heterocycles. The molecule has 25 heavy (non-hydrogen) atoms. The Hall–Kier alpha value is -2.66. The van der Waals surface area contributed by atoms with Crippen LogP contribution in [0.25, 0.3) is 0 Å². The van der Waals surface area contributed by atoms with Gasteiger partial charge in [0.25, 0.3) is 5.91 Å². The highest BCUT2D eigenvalue weighted by Gasteiger charge is 2.07. The normalized spacial score (nSPS) is 10.3. The van der Waals surface area contributed by atoms with Crippen LogP contribution in [0.3, 0.4) is 0 Å². The van der Waals surface area contributed by atoms with Crippen molar-refractivity contribution in [2.75, 3.05) is 5.32 Å². The van der Waals surface area contributed by atoms with Crippen molar-refractivity contribution in [1.29, 1.82) is 0 Å². The Bertz CT molecular complexity index is 881. The predicted molar refractivity (Wildman–Crippen MR) is 99.3 cm³/mol. The SMILES string of the molecule is O=C(Nc1ccc(F)cc1)c1cccc(COc2cccc(Br)c2)c1. The number of ether oxygens (including phenoxy) is 1. The number of amides is 1. The summed E-state index contributed by atoms with van der Waals surface area (Å²) < 4.78 is 19.6. The van der Waals surface area contributed by atoms with Crippen LogP contribution in [0.1, 0.15) is 15.9 Å². The smallest absolute Gasteiger partial charge is 0.255 e.